The minimum absolute atomic E-state index is 0.101. The number of anilines is 2. The van der Waals surface area contributed by atoms with Gasteiger partial charge in [0, 0.05) is 37.4 Å². The second-order valence-corrected chi connectivity index (χ2v) is 8.49. The summed E-state index contributed by atoms with van der Waals surface area (Å²) in [6.45, 7) is 3.33. The van der Waals surface area contributed by atoms with Gasteiger partial charge in [-0.3, -0.25) is 9.78 Å². The Bertz CT molecular complexity index is 901. The summed E-state index contributed by atoms with van der Waals surface area (Å²) in [5, 5.41) is 0. The van der Waals surface area contributed by atoms with E-state index >= 15 is 0 Å². The van der Waals surface area contributed by atoms with E-state index in [1.165, 1.54) is 5.56 Å². The second-order valence-electron chi connectivity index (χ2n) is 8.49. The first-order valence-corrected chi connectivity index (χ1v) is 11.1. The molecule has 1 aromatic carbocycles. The molecule has 0 bridgehead atoms. The molecule has 4 nitrogen and oxygen atoms in total. The van der Waals surface area contributed by atoms with Gasteiger partial charge < -0.3 is 9.80 Å². The van der Waals surface area contributed by atoms with Crippen LogP contribution in [0.15, 0.2) is 42.7 Å². The Kier molecular flexibility index (Phi) is 6.21. The van der Waals surface area contributed by atoms with Crippen LogP contribution in [0.25, 0.3) is 0 Å². The van der Waals surface area contributed by atoms with Crippen molar-refractivity contribution in [3.63, 3.8) is 0 Å². The van der Waals surface area contributed by atoms with Crippen LogP contribution >= 0.6 is 0 Å². The molecule has 0 N–H and O–H groups in total. The van der Waals surface area contributed by atoms with Gasteiger partial charge in [0.25, 0.3) is 0 Å². The van der Waals surface area contributed by atoms with E-state index in [0.29, 0.717) is 25.4 Å². The molecule has 1 amide bonds. The fraction of sp³-hybridized carbons (Fsp3) is 0.500. The Morgan fingerprint density at radius 1 is 1.10 bits per heavy atom. The summed E-state index contributed by atoms with van der Waals surface area (Å²) in [4.78, 5) is 20.7. The Hall–Kier alpha value is -2.57. The third-order valence-corrected chi connectivity index (χ3v) is 6.23. The molecule has 1 saturated heterocycles. The molecule has 0 radical (unpaired) electrons. The lowest BCUT2D eigenvalue weighted by Crippen LogP contribution is -2.45. The number of halogens is 3. The first kappa shape index (κ1) is 21.7. The van der Waals surface area contributed by atoms with Crippen LogP contribution in [-0.4, -0.2) is 34.9 Å². The maximum absolute atomic E-state index is 13.1. The van der Waals surface area contributed by atoms with Gasteiger partial charge in [0.1, 0.15) is 0 Å². The fourth-order valence-corrected chi connectivity index (χ4v) is 4.44. The number of pyridine rings is 1. The van der Waals surface area contributed by atoms with Crippen molar-refractivity contribution in [2.45, 2.75) is 63.6 Å². The first-order valence-electron chi connectivity index (χ1n) is 11.1. The van der Waals surface area contributed by atoms with Crippen LogP contribution in [0.1, 0.15) is 62.5 Å². The third kappa shape index (κ3) is 4.86. The van der Waals surface area contributed by atoms with E-state index in [4.69, 9.17) is 0 Å². The molecule has 2 heterocycles. The van der Waals surface area contributed by atoms with E-state index in [1.807, 2.05) is 24.1 Å². The lowest BCUT2D eigenvalue weighted by atomic mass is 9.99. The van der Waals surface area contributed by atoms with Crippen molar-refractivity contribution in [1.82, 2.24) is 9.88 Å². The highest BCUT2D eigenvalue weighted by Gasteiger charge is 2.34. The van der Waals surface area contributed by atoms with E-state index in [0.717, 1.165) is 55.6 Å². The predicted octanol–water partition coefficient (Wildman–Crippen LogP) is 5.91. The van der Waals surface area contributed by atoms with Crippen molar-refractivity contribution in [2.75, 3.05) is 18.0 Å². The molecule has 0 spiro atoms. The van der Waals surface area contributed by atoms with Crippen molar-refractivity contribution < 1.29 is 18.0 Å². The molecule has 31 heavy (non-hydrogen) atoms. The number of rotatable bonds is 6. The van der Waals surface area contributed by atoms with Crippen LogP contribution in [0, 0.1) is 0 Å². The summed E-state index contributed by atoms with van der Waals surface area (Å²) in [6, 6.07) is 7.54. The molecule has 2 aromatic rings. The Morgan fingerprint density at radius 3 is 2.35 bits per heavy atom. The molecular weight excluding hydrogens is 403 g/mol. The SMILES string of the molecule is CCCC(=O)N1CCC(N(c2ccc(C(F)(F)F)cc2)c2cnccc2C2CC2)CC1. The van der Waals surface area contributed by atoms with Gasteiger partial charge in [-0.15, -0.1) is 0 Å². The number of piperidine rings is 1. The molecule has 1 aliphatic carbocycles. The highest BCUT2D eigenvalue weighted by atomic mass is 19.4. The summed E-state index contributed by atoms with van der Waals surface area (Å²) in [5.41, 5.74) is 2.27. The Labute approximate surface area is 181 Å². The zero-order valence-corrected chi connectivity index (χ0v) is 17.7. The summed E-state index contributed by atoms with van der Waals surface area (Å²) >= 11 is 0. The van der Waals surface area contributed by atoms with Gasteiger partial charge in [0.05, 0.1) is 17.4 Å². The van der Waals surface area contributed by atoms with E-state index in [9.17, 15) is 18.0 Å². The van der Waals surface area contributed by atoms with Crippen LogP contribution in [0.4, 0.5) is 24.5 Å². The molecular formula is C24H28F3N3O. The zero-order chi connectivity index (χ0) is 22.0. The summed E-state index contributed by atoms with van der Waals surface area (Å²) in [6.07, 6.45) is 4.45. The summed E-state index contributed by atoms with van der Waals surface area (Å²) in [7, 11) is 0. The number of aromatic nitrogens is 1. The fourth-order valence-electron chi connectivity index (χ4n) is 4.44. The standard InChI is InChI=1S/C24H28F3N3O/c1-2-3-23(31)29-14-11-20(12-15-29)30(19-8-6-18(7-9-19)24(25,26)27)22-16-28-13-10-21(22)17-4-5-17/h6-10,13,16-17,20H,2-5,11-12,14-15H2,1H3. The van der Waals surface area contributed by atoms with E-state index in [2.05, 4.69) is 9.88 Å². The number of amides is 1. The maximum Gasteiger partial charge on any atom is 0.416 e. The molecule has 0 unspecified atom stereocenters. The topological polar surface area (TPSA) is 36.4 Å². The molecule has 0 atom stereocenters. The quantitative estimate of drug-likeness (QED) is 0.571. The molecule has 2 aliphatic rings. The van der Waals surface area contributed by atoms with Gasteiger partial charge in [-0.1, -0.05) is 6.92 Å². The van der Waals surface area contributed by atoms with Crippen LogP contribution in [0.3, 0.4) is 0 Å². The first-order chi connectivity index (χ1) is 14.9. The second kappa shape index (κ2) is 8.89. The number of carbonyl (C=O) groups excluding carboxylic acids is 1. The molecule has 4 rings (SSSR count). The Morgan fingerprint density at radius 2 is 1.77 bits per heavy atom. The number of likely N-dealkylation sites (tertiary alicyclic amines) is 1. The number of benzene rings is 1. The highest BCUT2D eigenvalue weighted by molar-refractivity contribution is 5.76. The van der Waals surface area contributed by atoms with Crippen molar-refractivity contribution >= 4 is 17.3 Å². The van der Waals surface area contributed by atoms with Gasteiger partial charge in [-0.25, -0.2) is 0 Å². The van der Waals surface area contributed by atoms with Crippen LogP contribution in [0.5, 0.6) is 0 Å². The van der Waals surface area contributed by atoms with Gasteiger partial charge >= 0.3 is 6.18 Å². The van der Waals surface area contributed by atoms with Crippen LogP contribution < -0.4 is 4.90 Å². The predicted molar refractivity (Wildman–Crippen MR) is 114 cm³/mol. The third-order valence-electron chi connectivity index (χ3n) is 6.23. The number of nitrogens with zero attached hydrogens (tertiary/aromatic N) is 3. The Balaban J connectivity index is 1.64. The van der Waals surface area contributed by atoms with Crippen molar-refractivity contribution in [1.29, 1.82) is 0 Å². The van der Waals surface area contributed by atoms with Crippen LogP contribution in [-0.2, 0) is 11.0 Å². The van der Waals surface area contributed by atoms with Gasteiger partial charge in [-0.05, 0) is 73.9 Å². The number of carbonyl (C=O) groups is 1. The van der Waals surface area contributed by atoms with Crippen molar-refractivity contribution in [3.05, 3.63) is 53.9 Å². The van der Waals surface area contributed by atoms with E-state index in [1.54, 1.807) is 18.3 Å². The molecule has 1 aromatic heterocycles. The molecule has 1 saturated carbocycles. The molecule has 7 heteroatoms. The lowest BCUT2D eigenvalue weighted by Gasteiger charge is -2.40. The van der Waals surface area contributed by atoms with Gasteiger partial charge in [-0.2, -0.15) is 13.2 Å². The normalized spacial score (nSPS) is 17.6. The zero-order valence-electron chi connectivity index (χ0n) is 17.7. The molecule has 2 fully saturated rings. The average molecular weight is 432 g/mol. The monoisotopic (exact) mass is 431 g/mol. The van der Waals surface area contributed by atoms with Gasteiger partial charge in [0.15, 0.2) is 0 Å². The summed E-state index contributed by atoms with van der Waals surface area (Å²) in [5.74, 6) is 0.670. The van der Waals surface area contributed by atoms with Gasteiger partial charge in [0.2, 0.25) is 5.91 Å². The minimum atomic E-state index is -4.36. The smallest absolute Gasteiger partial charge is 0.343 e. The molecule has 1 aliphatic heterocycles. The summed E-state index contributed by atoms with van der Waals surface area (Å²) < 4.78 is 39.3. The van der Waals surface area contributed by atoms with Crippen molar-refractivity contribution in [3.8, 4) is 0 Å². The minimum Gasteiger partial charge on any atom is -0.343 e. The average Bonchev–Trinajstić information content (AvgIpc) is 3.60. The number of hydrogen-bond donors (Lipinski definition) is 0. The number of hydrogen-bond acceptors (Lipinski definition) is 3. The van der Waals surface area contributed by atoms with E-state index < -0.39 is 11.7 Å². The molecule has 166 valence electrons. The number of alkyl halides is 3. The van der Waals surface area contributed by atoms with E-state index in [-0.39, 0.29) is 11.9 Å². The highest BCUT2D eigenvalue weighted by Crippen LogP contribution is 2.46. The largest absolute Gasteiger partial charge is 0.416 e. The van der Waals surface area contributed by atoms with Crippen LogP contribution in [0.2, 0.25) is 0 Å². The lowest BCUT2D eigenvalue weighted by molar-refractivity contribution is -0.137. The van der Waals surface area contributed by atoms with Crippen molar-refractivity contribution in [2.24, 2.45) is 0 Å². The maximum atomic E-state index is 13.1.